The average Bonchev–Trinajstić information content (AvgIpc) is 2.94. The molecular weight excluding hydrogens is 322 g/mol. The molecule has 0 saturated carbocycles. The summed E-state index contributed by atoms with van der Waals surface area (Å²) >= 11 is 1.41. The Labute approximate surface area is 146 Å². The van der Waals surface area contributed by atoms with Gasteiger partial charge in [-0.1, -0.05) is 73.5 Å². The molecule has 0 amide bonds. The Bertz CT molecular complexity index is 679. The third-order valence-electron chi connectivity index (χ3n) is 3.49. The van der Waals surface area contributed by atoms with Crippen molar-refractivity contribution >= 4 is 17.0 Å². The van der Waals surface area contributed by atoms with Crippen LogP contribution in [0.1, 0.15) is 39.5 Å². The van der Waals surface area contributed by atoms with Gasteiger partial charge in [-0.3, -0.25) is 0 Å². The predicted octanol–water partition coefficient (Wildman–Crippen LogP) is 6.71. The van der Waals surface area contributed by atoms with Crippen molar-refractivity contribution in [2.24, 2.45) is 5.11 Å². The normalized spacial score (nSPS) is 10.2. The van der Waals surface area contributed by atoms with Crippen LogP contribution in [0.25, 0.3) is 21.6 Å². The number of benzene rings is 1. The van der Waals surface area contributed by atoms with Gasteiger partial charge in [0.2, 0.25) is 0 Å². The van der Waals surface area contributed by atoms with Crippen LogP contribution in [0.4, 0.5) is 5.69 Å². The zero-order valence-electron chi connectivity index (χ0n) is 14.2. The fourth-order valence-electron chi connectivity index (χ4n) is 2.20. The van der Waals surface area contributed by atoms with E-state index >= 15 is 0 Å². The maximum atomic E-state index is 8.98. The van der Waals surface area contributed by atoms with Gasteiger partial charge in [0.1, 0.15) is 5.69 Å². The van der Waals surface area contributed by atoms with Crippen LogP contribution in [0.15, 0.2) is 35.4 Å². The highest BCUT2D eigenvalue weighted by Crippen LogP contribution is 2.52. The van der Waals surface area contributed by atoms with Gasteiger partial charge in [-0.25, -0.2) is 0 Å². The zero-order chi connectivity index (χ0) is 17.2. The van der Waals surface area contributed by atoms with Gasteiger partial charge >= 0.3 is 0 Å². The number of hydrogen-bond acceptors (Lipinski definition) is 4. The Hall–Kier alpha value is -2.17. The molecule has 0 atom stereocenters. The SMILES string of the molecule is CCCCOc1sc(OCCCC)c(-c2ccccc2)c1N=[N+]=[N-]. The first kappa shape index (κ1) is 18.2. The zero-order valence-corrected chi connectivity index (χ0v) is 15.0. The van der Waals surface area contributed by atoms with Gasteiger partial charge in [-0.05, 0) is 23.9 Å². The summed E-state index contributed by atoms with van der Waals surface area (Å²) in [6.45, 7) is 5.48. The number of hydrogen-bond donors (Lipinski definition) is 0. The Morgan fingerprint density at radius 2 is 1.62 bits per heavy atom. The smallest absolute Gasteiger partial charge is 0.187 e. The molecule has 2 rings (SSSR count). The lowest BCUT2D eigenvalue weighted by atomic mass is 10.1. The summed E-state index contributed by atoms with van der Waals surface area (Å²) in [5.41, 5.74) is 11.3. The van der Waals surface area contributed by atoms with E-state index in [0.717, 1.165) is 41.9 Å². The molecule has 0 unspecified atom stereocenters. The summed E-state index contributed by atoms with van der Waals surface area (Å²) in [6, 6.07) is 9.85. The van der Waals surface area contributed by atoms with Crippen molar-refractivity contribution in [1.29, 1.82) is 0 Å². The Balaban J connectivity index is 2.43. The maximum absolute atomic E-state index is 8.98. The van der Waals surface area contributed by atoms with Crippen molar-refractivity contribution in [2.45, 2.75) is 39.5 Å². The minimum absolute atomic E-state index is 0.524. The topological polar surface area (TPSA) is 67.2 Å². The highest BCUT2D eigenvalue weighted by molar-refractivity contribution is 7.17. The van der Waals surface area contributed by atoms with Gasteiger partial charge in [-0.15, -0.1) is 0 Å². The molecular formula is C18H23N3O2S. The number of azide groups is 1. The Morgan fingerprint density at radius 3 is 2.21 bits per heavy atom. The minimum atomic E-state index is 0.524. The third kappa shape index (κ3) is 4.66. The summed E-state index contributed by atoms with van der Waals surface area (Å²) in [6.07, 6.45) is 4.05. The average molecular weight is 345 g/mol. The number of rotatable bonds is 10. The second-order valence-electron chi connectivity index (χ2n) is 5.36. The van der Waals surface area contributed by atoms with Crippen molar-refractivity contribution in [3.8, 4) is 21.3 Å². The van der Waals surface area contributed by atoms with E-state index in [2.05, 4.69) is 23.9 Å². The van der Waals surface area contributed by atoms with Gasteiger partial charge in [-0.2, -0.15) is 0 Å². The van der Waals surface area contributed by atoms with E-state index in [1.807, 2.05) is 30.3 Å². The molecule has 0 aliphatic rings. The fourth-order valence-corrected chi connectivity index (χ4v) is 3.20. The molecule has 5 nitrogen and oxygen atoms in total. The molecule has 1 heterocycles. The maximum Gasteiger partial charge on any atom is 0.187 e. The lowest BCUT2D eigenvalue weighted by molar-refractivity contribution is 0.316. The first-order chi connectivity index (χ1) is 11.8. The molecule has 1 aromatic heterocycles. The van der Waals surface area contributed by atoms with Gasteiger partial charge in [0.25, 0.3) is 0 Å². The van der Waals surface area contributed by atoms with Crippen LogP contribution < -0.4 is 9.47 Å². The summed E-state index contributed by atoms with van der Waals surface area (Å²) in [7, 11) is 0. The van der Waals surface area contributed by atoms with Crippen molar-refractivity contribution < 1.29 is 9.47 Å². The van der Waals surface area contributed by atoms with Crippen LogP contribution in [0, 0.1) is 0 Å². The van der Waals surface area contributed by atoms with Crippen molar-refractivity contribution in [1.82, 2.24) is 0 Å². The van der Waals surface area contributed by atoms with E-state index in [0.29, 0.717) is 24.0 Å². The first-order valence-corrected chi connectivity index (χ1v) is 9.16. The first-order valence-electron chi connectivity index (χ1n) is 8.34. The van der Waals surface area contributed by atoms with E-state index in [1.54, 1.807) is 0 Å². The van der Waals surface area contributed by atoms with Crippen LogP contribution in [0.2, 0.25) is 0 Å². The molecule has 0 radical (unpaired) electrons. The lowest BCUT2D eigenvalue weighted by Crippen LogP contribution is -1.95. The van der Waals surface area contributed by atoms with Crippen LogP contribution >= 0.6 is 11.3 Å². The highest BCUT2D eigenvalue weighted by Gasteiger charge is 2.21. The van der Waals surface area contributed by atoms with E-state index in [-0.39, 0.29) is 0 Å². The highest BCUT2D eigenvalue weighted by atomic mass is 32.1. The molecule has 0 fully saturated rings. The number of unbranched alkanes of at least 4 members (excludes halogenated alkanes) is 2. The van der Waals surface area contributed by atoms with E-state index in [1.165, 1.54) is 11.3 Å². The van der Waals surface area contributed by atoms with Crippen LogP contribution in [0.3, 0.4) is 0 Å². The molecule has 0 bridgehead atoms. The standard InChI is InChI=1S/C18H23N3O2S/c1-3-5-12-22-17-15(14-10-8-7-9-11-14)16(20-21-19)18(24-17)23-13-6-4-2/h7-11H,3-6,12-13H2,1-2H3. The fraction of sp³-hybridized carbons (Fsp3) is 0.444. The van der Waals surface area contributed by atoms with Gasteiger partial charge < -0.3 is 9.47 Å². The quantitative estimate of drug-likeness (QED) is 0.208. The number of thiophene rings is 1. The van der Waals surface area contributed by atoms with Gasteiger partial charge in [0, 0.05) is 10.5 Å². The molecule has 0 aliphatic heterocycles. The molecule has 0 aliphatic carbocycles. The number of nitrogens with zero attached hydrogens (tertiary/aromatic N) is 3. The molecule has 0 N–H and O–H groups in total. The number of ether oxygens (including phenoxy) is 2. The molecule has 0 spiro atoms. The molecule has 0 saturated heterocycles. The van der Waals surface area contributed by atoms with Crippen molar-refractivity contribution in [3.63, 3.8) is 0 Å². The second kappa shape index (κ2) is 9.85. The van der Waals surface area contributed by atoms with E-state index in [4.69, 9.17) is 15.0 Å². The summed E-state index contributed by atoms with van der Waals surface area (Å²) in [5, 5.41) is 5.28. The van der Waals surface area contributed by atoms with Crippen LogP contribution in [0.5, 0.6) is 10.1 Å². The predicted molar refractivity (Wildman–Crippen MR) is 99.4 cm³/mol. The Kier molecular flexibility index (Phi) is 7.46. The molecule has 128 valence electrons. The molecule has 6 heteroatoms. The van der Waals surface area contributed by atoms with Crippen LogP contribution in [-0.2, 0) is 0 Å². The van der Waals surface area contributed by atoms with Gasteiger partial charge in [0.15, 0.2) is 10.1 Å². The summed E-state index contributed by atoms with van der Waals surface area (Å²) in [5.74, 6) is 0. The summed E-state index contributed by atoms with van der Waals surface area (Å²) in [4.78, 5) is 2.99. The molecule has 1 aromatic carbocycles. The lowest BCUT2D eigenvalue weighted by Gasteiger charge is -2.07. The summed E-state index contributed by atoms with van der Waals surface area (Å²) < 4.78 is 11.8. The van der Waals surface area contributed by atoms with E-state index in [9.17, 15) is 0 Å². The minimum Gasteiger partial charge on any atom is -0.483 e. The monoisotopic (exact) mass is 345 g/mol. The Morgan fingerprint density at radius 1 is 1.00 bits per heavy atom. The van der Waals surface area contributed by atoms with Crippen molar-refractivity contribution in [2.75, 3.05) is 13.2 Å². The van der Waals surface area contributed by atoms with E-state index < -0.39 is 0 Å². The second-order valence-corrected chi connectivity index (χ2v) is 6.31. The largest absolute Gasteiger partial charge is 0.483 e. The molecule has 24 heavy (non-hydrogen) atoms. The van der Waals surface area contributed by atoms with Crippen molar-refractivity contribution in [3.05, 3.63) is 40.8 Å². The van der Waals surface area contributed by atoms with Gasteiger partial charge in [0.05, 0.1) is 13.2 Å². The third-order valence-corrected chi connectivity index (χ3v) is 4.49. The van der Waals surface area contributed by atoms with Crippen LogP contribution in [-0.4, -0.2) is 13.2 Å². The molecule has 2 aromatic rings.